The Kier molecular flexibility index (Phi) is 5.79. The average molecular weight is 447 g/mol. The molecule has 154 valence electrons. The topological polar surface area (TPSA) is 62.7 Å². The zero-order chi connectivity index (χ0) is 21.3. The predicted octanol–water partition coefficient (Wildman–Crippen LogP) is 5.37. The second-order valence-corrected chi connectivity index (χ2v) is 7.81. The van der Waals surface area contributed by atoms with E-state index in [4.69, 9.17) is 27.9 Å². The standard InChI is InChI=1S/C22H17Cl2FN2O3/c23-15-3-4-21(30-12-13-1-2-16(24)8-19(13)25)14(7-15)11-27-6-5-17-18(22(28)29)9-26-10-20(17)27/h1-4,7-10H,5-6,11-12H2,(H,28,29). The van der Waals surface area contributed by atoms with Crippen LogP contribution in [0, 0.1) is 5.82 Å². The van der Waals surface area contributed by atoms with Crippen molar-refractivity contribution in [1.29, 1.82) is 0 Å². The van der Waals surface area contributed by atoms with Gasteiger partial charge >= 0.3 is 5.97 Å². The highest BCUT2D eigenvalue weighted by Gasteiger charge is 2.25. The average Bonchev–Trinajstić information content (AvgIpc) is 3.11. The number of aromatic nitrogens is 1. The normalized spacial score (nSPS) is 12.7. The van der Waals surface area contributed by atoms with Crippen LogP contribution in [0.3, 0.4) is 0 Å². The summed E-state index contributed by atoms with van der Waals surface area (Å²) in [5.74, 6) is -0.846. The van der Waals surface area contributed by atoms with E-state index in [2.05, 4.69) is 4.98 Å². The fourth-order valence-electron chi connectivity index (χ4n) is 3.54. The summed E-state index contributed by atoms with van der Waals surface area (Å²) in [6, 6.07) is 9.69. The first kappa shape index (κ1) is 20.4. The molecule has 0 radical (unpaired) electrons. The second-order valence-electron chi connectivity index (χ2n) is 6.94. The maximum absolute atomic E-state index is 14.1. The van der Waals surface area contributed by atoms with Gasteiger partial charge in [-0.15, -0.1) is 0 Å². The van der Waals surface area contributed by atoms with Crippen LogP contribution in [0.2, 0.25) is 10.0 Å². The molecule has 8 heteroatoms. The van der Waals surface area contributed by atoms with E-state index < -0.39 is 11.8 Å². The summed E-state index contributed by atoms with van der Waals surface area (Å²) in [7, 11) is 0. The van der Waals surface area contributed by atoms with Gasteiger partial charge in [-0.3, -0.25) is 4.98 Å². The Morgan fingerprint density at radius 3 is 2.67 bits per heavy atom. The predicted molar refractivity (Wildman–Crippen MR) is 113 cm³/mol. The molecule has 5 nitrogen and oxygen atoms in total. The Hall–Kier alpha value is -2.83. The fraction of sp³-hybridized carbons (Fsp3) is 0.182. The van der Waals surface area contributed by atoms with Gasteiger partial charge in [-0.2, -0.15) is 0 Å². The highest BCUT2D eigenvalue weighted by Crippen LogP contribution is 2.33. The van der Waals surface area contributed by atoms with Gasteiger partial charge in [-0.25, -0.2) is 9.18 Å². The third-order valence-electron chi connectivity index (χ3n) is 5.02. The highest BCUT2D eigenvalue weighted by atomic mass is 35.5. The molecule has 30 heavy (non-hydrogen) atoms. The number of carbonyl (C=O) groups is 1. The number of nitrogens with zero attached hydrogens (tertiary/aromatic N) is 2. The van der Waals surface area contributed by atoms with Crippen molar-refractivity contribution >= 4 is 34.9 Å². The lowest BCUT2D eigenvalue weighted by atomic mass is 10.1. The molecule has 0 saturated heterocycles. The first-order valence-electron chi connectivity index (χ1n) is 9.22. The summed E-state index contributed by atoms with van der Waals surface area (Å²) in [6.07, 6.45) is 3.66. The molecule has 0 atom stereocenters. The van der Waals surface area contributed by atoms with Crippen LogP contribution in [0.25, 0.3) is 0 Å². The molecule has 4 rings (SSSR count). The zero-order valence-corrected chi connectivity index (χ0v) is 17.3. The van der Waals surface area contributed by atoms with Gasteiger partial charge in [-0.05, 0) is 42.3 Å². The third-order valence-corrected chi connectivity index (χ3v) is 5.49. The highest BCUT2D eigenvalue weighted by molar-refractivity contribution is 6.30. The van der Waals surface area contributed by atoms with Crippen molar-refractivity contribution in [2.75, 3.05) is 11.4 Å². The maximum Gasteiger partial charge on any atom is 0.337 e. The van der Waals surface area contributed by atoms with E-state index in [-0.39, 0.29) is 12.2 Å². The largest absolute Gasteiger partial charge is 0.488 e. The monoisotopic (exact) mass is 446 g/mol. The van der Waals surface area contributed by atoms with Gasteiger partial charge in [0, 0.05) is 40.5 Å². The quantitative estimate of drug-likeness (QED) is 0.551. The van der Waals surface area contributed by atoms with Crippen molar-refractivity contribution in [3.63, 3.8) is 0 Å². The Balaban J connectivity index is 1.57. The van der Waals surface area contributed by atoms with Crippen LogP contribution in [-0.4, -0.2) is 22.6 Å². The van der Waals surface area contributed by atoms with Gasteiger partial charge in [0.25, 0.3) is 0 Å². The lowest BCUT2D eigenvalue weighted by Gasteiger charge is -2.21. The molecule has 1 N–H and O–H groups in total. The van der Waals surface area contributed by atoms with Gasteiger partial charge in [0.15, 0.2) is 0 Å². The SMILES string of the molecule is O=C(O)c1cncc2c1CCN2Cc1cc(Cl)ccc1OCc1ccc(Cl)cc1F. The minimum absolute atomic E-state index is 0.0406. The molecule has 3 aromatic rings. The van der Waals surface area contributed by atoms with E-state index >= 15 is 0 Å². The molecule has 1 aliphatic heterocycles. The van der Waals surface area contributed by atoms with Crippen LogP contribution in [-0.2, 0) is 19.6 Å². The van der Waals surface area contributed by atoms with E-state index in [1.165, 1.54) is 12.3 Å². The van der Waals surface area contributed by atoms with Gasteiger partial charge in [0.05, 0.1) is 17.4 Å². The summed E-state index contributed by atoms with van der Waals surface area (Å²) in [6.45, 7) is 1.15. The van der Waals surface area contributed by atoms with E-state index in [1.807, 2.05) is 4.90 Å². The molecule has 0 saturated carbocycles. The van der Waals surface area contributed by atoms with Crippen LogP contribution < -0.4 is 9.64 Å². The molecule has 0 unspecified atom stereocenters. The molecule has 0 fully saturated rings. The van der Waals surface area contributed by atoms with E-state index in [0.29, 0.717) is 40.9 Å². The Bertz CT molecular complexity index is 1120. The zero-order valence-electron chi connectivity index (χ0n) is 15.7. The van der Waals surface area contributed by atoms with E-state index in [9.17, 15) is 14.3 Å². The Labute approximate surface area is 182 Å². The van der Waals surface area contributed by atoms with Crippen molar-refractivity contribution < 1.29 is 19.0 Å². The van der Waals surface area contributed by atoms with Gasteiger partial charge in [-0.1, -0.05) is 29.3 Å². The fourth-order valence-corrected chi connectivity index (χ4v) is 3.89. The minimum Gasteiger partial charge on any atom is -0.488 e. The molecular weight excluding hydrogens is 430 g/mol. The number of pyridine rings is 1. The van der Waals surface area contributed by atoms with E-state index in [0.717, 1.165) is 16.8 Å². The second kappa shape index (κ2) is 8.50. The minimum atomic E-state index is -0.988. The first-order chi connectivity index (χ1) is 14.4. The van der Waals surface area contributed by atoms with Crippen LogP contribution >= 0.6 is 23.2 Å². The van der Waals surface area contributed by atoms with Gasteiger partial charge < -0.3 is 14.7 Å². The maximum atomic E-state index is 14.1. The first-order valence-corrected chi connectivity index (χ1v) is 9.98. The number of ether oxygens (including phenoxy) is 1. The van der Waals surface area contributed by atoms with Gasteiger partial charge in [0.2, 0.25) is 0 Å². The summed E-state index contributed by atoms with van der Waals surface area (Å²) in [5, 5.41) is 10.3. The molecule has 1 aliphatic rings. The van der Waals surface area contributed by atoms with Gasteiger partial charge in [0.1, 0.15) is 18.2 Å². The summed E-state index contributed by atoms with van der Waals surface area (Å²) < 4.78 is 19.9. The van der Waals surface area contributed by atoms with E-state index in [1.54, 1.807) is 36.5 Å². The van der Waals surface area contributed by atoms with Crippen LogP contribution in [0.5, 0.6) is 5.75 Å². The summed E-state index contributed by atoms with van der Waals surface area (Å²) >= 11 is 12.0. The number of benzene rings is 2. The number of carboxylic acids is 1. The van der Waals surface area contributed by atoms with Crippen LogP contribution in [0.4, 0.5) is 10.1 Å². The van der Waals surface area contributed by atoms with Crippen molar-refractivity contribution in [1.82, 2.24) is 4.98 Å². The number of carboxylic acid groups (broad SMARTS) is 1. The number of halogens is 3. The molecule has 0 spiro atoms. The molecule has 2 heterocycles. The summed E-state index contributed by atoms with van der Waals surface area (Å²) in [4.78, 5) is 17.6. The lowest BCUT2D eigenvalue weighted by Crippen LogP contribution is -2.20. The van der Waals surface area contributed by atoms with Crippen molar-refractivity contribution in [3.8, 4) is 5.75 Å². The molecule has 1 aromatic heterocycles. The Morgan fingerprint density at radius 2 is 1.90 bits per heavy atom. The number of anilines is 1. The third kappa shape index (κ3) is 4.20. The van der Waals surface area contributed by atoms with Crippen LogP contribution in [0.15, 0.2) is 48.8 Å². The van der Waals surface area contributed by atoms with Crippen LogP contribution in [0.1, 0.15) is 27.0 Å². The number of rotatable bonds is 6. The van der Waals surface area contributed by atoms with Crippen molar-refractivity contribution in [2.24, 2.45) is 0 Å². The lowest BCUT2D eigenvalue weighted by molar-refractivity contribution is 0.0695. The van der Waals surface area contributed by atoms with Crippen molar-refractivity contribution in [2.45, 2.75) is 19.6 Å². The smallest absolute Gasteiger partial charge is 0.337 e. The molecule has 0 aliphatic carbocycles. The Morgan fingerprint density at radius 1 is 1.13 bits per heavy atom. The number of fused-ring (bicyclic) bond motifs is 1. The number of hydrogen-bond acceptors (Lipinski definition) is 4. The van der Waals surface area contributed by atoms with Crippen molar-refractivity contribution in [3.05, 3.63) is 86.9 Å². The number of aromatic carboxylic acids is 1. The molecule has 2 aromatic carbocycles. The molecular formula is C22H17Cl2FN2O3. The molecule has 0 amide bonds. The summed E-state index contributed by atoms with van der Waals surface area (Å²) in [5.41, 5.74) is 2.97. The molecule has 0 bridgehead atoms. The number of hydrogen-bond donors (Lipinski definition) is 1.